The number of hydrogen-bond donors (Lipinski definition) is 0. The molecule has 1 saturated carbocycles. The molecule has 2 aromatic rings. The van der Waals surface area contributed by atoms with Crippen LogP contribution >= 0.6 is 0 Å². The maximum atomic E-state index is 9.96. The molecule has 0 amide bonds. The lowest BCUT2D eigenvalue weighted by Crippen LogP contribution is -2.25. The van der Waals surface area contributed by atoms with Gasteiger partial charge in [-0.1, -0.05) is 102 Å². The average Bonchev–Trinajstić information content (AvgIpc) is 2.91. The maximum Gasteiger partial charge on any atom is 0.159 e. The minimum atomic E-state index is -0.0774. The Kier molecular flexibility index (Phi) is 11.8. The van der Waals surface area contributed by atoms with Crippen LogP contribution in [0.15, 0.2) is 36.7 Å². The van der Waals surface area contributed by atoms with Crippen molar-refractivity contribution in [2.75, 3.05) is 0 Å². The van der Waals surface area contributed by atoms with E-state index in [1.807, 2.05) is 12.4 Å². The van der Waals surface area contributed by atoms with Gasteiger partial charge in [-0.2, -0.15) is 5.26 Å². The first kappa shape index (κ1) is 27.4. The van der Waals surface area contributed by atoms with Gasteiger partial charge in [-0.3, -0.25) is 0 Å². The van der Waals surface area contributed by atoms with Gasteiger partial charge in [0.25, 0.3) is 0 Å². The average molecular weight is 474 g/mol. The van der Waals surface area contributed by atoms with Gasteiger partial charge in [0.05, 0.1) is 11.5 Å². The Morgan fingerprint density at radius 3 is 1.97 bits per heavy atom. The highest BCUT2D eigenvalue weighted by atomic mass is 14.9. The summed E-state index contributed by atoms with van der Waals surface area (Å²) in [5.41, 5.74) is 3.66. The topological polar surface area (TPSA) is 49.6 Å². The third-order valence-electron chi connectivity index (χ3n) is 8.10. The van der Waals surface area contributed by atoms with E-state index in [4.69, 9.17) is 0 Å². The van der Waals surface area contributed by atoms with Crippen LogP contribution in [0, 0.1) is 16.7 Å². The van der Waals surface area contributed by atoms with Crippen molar-refractivity contribution >= 4 is 0 Å². The normalized spacial score (nSPS) is 20.0. The summed E-state index contributed by atoms with van der Waals surface area (Å²) in [4.78, 5) is 9.26. The molecule has 3 rings (SSSR count). The third-order valence-corrected chi connectivity index (χ3v) is 8.10. The van der Waals surface area contributed by atoms with Crippen LogP contribution in [-0.4, -0.2) is 9.97 Å². The van der Waals surface area contributed by atoms with Gasteiger partial charge in [0.2, 0.25) is 0 Å². The number of rotatable bonds is 15. The van der Waals surface area contributed by atoms with E-state index >= 15 is 0 Å². The van der Waals surface area contributed by atoms with Crippen molar-refractivity contribution in [3.63, 3.8) is 0 Å². The minimum absolute atomic E-state index is 0.0774. The van der Waals surface area contributed by atoms with E-state index in [9.17, 15) is 5.26 Å². The van der Waals surface area contributed by atoms with Crippen LogP contribution in [0.25, 0.3) is 11.4 Å². The predicted molar refractivity (Wildman–Crippen MR) is 147 cm³/mol. The number of nitriles is 1. The standard InChI is InChI=1S/C32H47N3/c1-3-5-7-9-10-11-13-21-32(26-33)22-19-29(20-23-32)28-15-17-30(18-16-28)31-34-24-27(25-35-31)14-12-8-6-4-2/h15-18,24-25,29H,3-14,19-23H2,1-2H3. The monoisotopic (exact) mass is 473 g/mol. The predicted octanol–water partition coefficient (Wildman–Crippen LogP) is 9.57. The number of hydrogen-bond acceptors (Lipinski definition) is 3. The Hall–Kier alpha value is -2.21. The summed E-state index contributed by atoms with van der Waals surface area (Å²) in [5, 5.41) is 9.96. The van der Waals surface area contributed by atoms with Crippen LogP contribution in [0.1, 0.15) is 134 Å². The van der Waals surface area contributed by atoms with Gasteiger partial charge in [-0.05, 0) is 62.0 Å². The fourth-order valence-corrected chi connectivity index (χ4v) is 5.64. The van der Waals surface area contributed by atoms with E-state index < -0.39 is 0 Å². The molecule has 0 N–H and O–H groups in total. The number of aromatic nitrogens is 2. The lowest BCUT2D eigenvalue weighted by Gasteiger charge is -2.35. The van der Waals surface area contributed by atoms with Gasteiger partial charge in [0.15, 0.2) is 5.82 Å². The Bertz CT molecular complexity index is 871. The van der Waals surface area contributed by atoms with Crippen molar-refractivity contribution in [1.29, 1.82) is 5.26 Å². The second-order valence-electron chi connectivity index (χ2n) is 10.9. The number of nitrogens with zero attached hydrogens (tertiary/aromatic N) is 3. The molecule has 0 bridgehead atoms. The van der Waals surface area contributed by atoms with E-state index in [2.05, 4.69) is 54.2 Å². The third kappa shape index (κ3) is 8.75. The molecule has 0 unspecified atom stereocenters. The highest BCUT2D eigenvalue weighted by Crippen LogP contribution is 2.45. The molecule has 1 aromatic heterocycles. The summed E-state index contributed by atoms with van der Waals surface area (Å²) in [6.07, 6.45) is 24.9. The van der Waals surface area contributed by atoms with Crippen molar-refractivity contribution in [2.24, 2.45) is 5.41 Å². The second-order valence-corrected chi connectivity index (χ2v) is 10.9. The summed E-state index contributed by atoms with van der Waals surface area (Å²) < 4.78 is 0. The van der Waals surface area contributed by atoms with Gasteiger partial charge >= 0.3 is 0 Å². The van der Waals surface area contributed by atoms with Crippen LogP contribution in [0.3, 0.4) is 0 Å². The molecule has 1 aliphatic carbocycles. The Balaban J connectivity index is 1.45. The molecule has 35 heavy (non-hydrogen) atoms. The van der Waals surface area contributed by atoms with Gasteiger partial charge in [-0.15, -0.1) is 0 Å². The highest BCUT2D eigenvalue weighted by molar-refractivity contribution is 5.55. The zero-order valence-electron chi connectivity index (χ0n) is 22.4. The molecule has 1 aromatic carbocycles. The van der Waals surface area contributed by atoms with Crippen LogP contribution in [0.4, 0.5) is 0 Å². The number of unbranched alkanes of at least 4 members (excludes halogenated alkanes) is 9. The number of aryl methyl sites for hydroxylation is 1. The minimum Gasteiger partial charge on any atom is -0.236 e. The van der Waals surface area contributed by atoms with Crippen LogP contribution in [0.2, 0.25) is 0 Å². The van der Waals surface area contributed by atoms with Crippen LogP contribution in [0.5, 0.6) is 0 Å². The highest BCUT2D eigenvalue weighted by Gasteiger charge is 2.35. The zero-order valence-corrected chi connectivity index (χ0v) is 22.4. The number of benzene rings is 1. The van der Waals surface area contributed by atoms with E-state index in [1.165, 1.54) is 81.8 Å². The molecule has 1 heterocycles. The molecular formula is C32H47N3. The lowest BCUT2D eigenvalue weighted by atomic mass is 9.67. The molecule has 0 aliphatic heterocycles. The van der Waals surface area contributed by atoms with Crippen molar-refractivity contribution in [3.05, 3.63) is 47.8 Å². The zero-order chi connectivity index (χ0) is 24.8. The SMILES string of the molecule is CCCCCCCCCC1(C#N)CCC(c2ccc(-c3ncc(CCCCCC)cn3)cc2)CC1. The van der Waals surface area contributed by atoms with E-state index in [0.29, 0.717) is 5.92 Å². The summed E-state index contributed by atoms with van der Waals surface area (Å²) in [6, 6.07) is 11.6. The van der Waals surface area contributed by atoms with E-state index in [0.717, 1.165) is 49.9 Å². The van der Waals surface area contributed by atoms with Gasteiger partial charge in [0.1, 0.15) is 0 Å². The lowest BCUT2D eigenvalue weighted by molar-refractivity contribution is 0.223. The van der Waals surface area contributed by atoms with Gasteiger partial charge in [0, 0.05) is 18.0 Å². The second kappa shape index (κ2) is 15.0. The molecule has 1 fully saturated rings. The molecule has 0 atom stereocenters. The van der Waals surface area contributed by atoms with Crippen LogP contribution in [-0.2, 0) is 6.42 Å². The molecule has 190 valence electrons. The van der Waals surface area contributed by atoms with Crippen molar-refractivity contribution in [1.82, 2.24) is 9.97 Å². The van der Waals surface area contributed by atoms with Crippen molar-refractivity contribution in [2.45, 2.75) is 129 Å². The van der Waals surface area contributed by atoms with Crippen LogP contribution < -0.4 is 0 Å². The fourth-order valence-electron chi connectivity index (χ4n) is 5.64. The molecule has 3 nitrogen and oxygen atoms in total. The first-order valence-electron chi connectivity index (χ1n) is 14.5. The van der Waals surface area contributed by atoms with E-state index in [-0.39, 0.29) is 5.41 Å². The summed E-state index contributed by atoms with van der Waals surface area (Å²) in [5.74, 6) is 1.39. The Labute approximate surface area is 214 Å². The van der Waals surface area contributed by atoms with Crippen molar-refractivity contribution < 1.29 is 0 Å². The fraction of sp³-hybridized carbons (Fsp3) is 0.656. The smallest absolute Gasteiger partial charge is 0.159 e. The Morgan fingerprint density at radius 1 is 0.800 bits per heavy atom. The summed E-state index contributed by atoms with van der Waals surface area (Å²) >= 11 is 0. The summed E-state index contributed by atoms with van der Waals surface area (Å²) in [6.45, 7) is 4.51. The summed E-state index contributed by atoms with van der Waals surface area (Å²) in [7, 11) is 0. The molecule has 3 heteroatoms. The van der Waals surface area contributed by atoms with Gasteiger partial charge < -0.3 is 0 Å². The largest absolute Gasteiger partial charge is 0.236 e. The first-order valence-corrected chi connectivity index (χ1v) is 14.5. The molecule has 0 spiro atoms. The first-order chi connectivity index (χ1) is 17.2. The molecule has 0 radical (unpaired) electrons. The Morgan fingerprint density at radius 2 is 1.37 bits per heavy atom. The maximum absolute atomic E-state index is 9.96. The van der Waals surface area contributed by atoms with E-state index in [1.54, 1.807) is 0 Å². The molecular weight excluding hydrogens is 426 g/mol. The molecule has 0 saturated heterocycles. The molecule has 1 aliphatic rings. The van der Waals surface area contributed by atoms with Gasteiger partial charge in [-0.25, -0.2) is 9.97 Å². The quantitative estimate of drug-likeness (QED) is 0.242. The van der Waals surface area contributed by atoms with Crippen molar-refractivity contribution in [3.8, 4) is 17.5 Å².